The largest absolute Gasteiger partial charge is 0.481 e. The van der Waals surface area contributed by atoms with E-state index in [1.807, 2.05) is 45.9 Å². The molecule has 5 heteroatoms. The van der Waals surface area contributed by atoms with Crippen molar-refractivity contribution in [1.29, 1.82) is 0 Å². The molecule has 144 valence electrons. The smallest absolute Gasteiger partial charge is 0.338 e. The Balaban J connectivity index is 1.94. The number of amides is 1. The summed E-state index contributed by atoms with van der Waals surface area (Å²) in [5, 5.41) is 2.80. The van der Waals surface area contributed by atoms with Crippen LogP contribution in [0.1, 0.15) is 42.3 Å². The van der Waals surface area contributed by atoms with Gasteiger partial charge in [-0.15, -0.1) is 0 Å². The highest BCUT2D eigenvalue weighted by Gasteiger charge is 2.16. The topological polar surface area (TPSA) is 64.6 Å². The van der Waals surface area contributed by atoms with Gasteiger partial charge in [0.25, 0.3) is 5.91 Å². The molecule has 2 aromatic carbocycles. The molecule has 0 saturated carbocycles. The lowest BCUT2D eigenvalue weighted by Crippen LogP contribution is -2.30. The van der Waals surface area contributed by atoms with Crippen molar-refractivity contribution in [2.75, 3.05) is 11.9 Å². The first-order valence-electron chi connectivity index (χ1n) is 9.08. The summed E-state index contributed by atoms with van der Waals surface area (Å²) in [6.45, 7) is 9.96. The van der Waals surface area contributed by atoms with Gasteiger partial charge < -0.3 is 14.8 Å². The van der Waals surface area contributed by atoms with E-state index in [1.54, 1.807) is 31.2 Å². The Morgan fingerprint density at radius 3 is 2.30 bits per heavy atom. The number of carbonyl (C=O) groups is 2. The van der Waals surface area contributed by atoms with E-state index in [9.17, 15) is 9.59 Å². The monoisotopic (exact) mass is 369 g/mol. The van der Waals surface area contributed by atoms with Crippen LogP contribution in [0.15, 0.2) is 42.5 Å². The van der Waals surface area contributed by atoms with E-state index in [1.165, 1.54) is 0 Å². The van der Waals surface area contributed by atoms with Gasteiger partial charge in [-0.25, -0.2) is 4.79 Å². The van der Waals surface area contributed by atoms with Crippen molar-refractivity contribution in [2.45, 2.75) is 40.7 Å². The summed E-state index contributed by atoms with van der Waals surface area (Å²) in [6, 6.07) is 12.5. The number of aryl methyl sites for hydroxylation is 2. The lowest BCUT2D eigenvalue weighted by molar-refractivity contribution is -0.122. The third-order valence-electron chi connectivity index (χ3n) is 3.95. The van der Waals surface area contributed by atoms with Gasteiger partial charge in [0.2, 0.25) is 0 Å². The summed E-state index contributed by atoms with van der Waals surface area (Å²) in [6.07, 6.45) is -0.652. The molecule has 1 unspecified atom stereocenters. The third kappa shape index (κ3) is 6.13. The second-order valence-electron chi connectivity index (χ2n) is 7.09. The number of nitrogens with one attached hydrogen (secondary N) is 1. The van der Waals surface area contributed by atoms with Crippen LogP contribution >= 0.6 is 0 Å². The number of hydrogen-bond acceptors (Lipinski definition) is 4. The zero-order valence-electron chi connectivity index (χ0n) is 16.5. The van der Waals surface area contributed by atoms with E-state index >= 15 is 0 Å². The van der Waals surface area contributed by atoms with E-state index < -0.39 is 6.10 Å². The fraction of sp³-hybridized carbons (Fsp3) is 0.364. The zero-order valence-corrected chi connectivity index (χ0v) is 16.5. The Morgan fingerprint density at radius 2 is 1.67 bits per heavy atom. The van der Waals surface area contributed by atoms with Gasteiger partial charge >= 0.3 is 5.97 Å². The molecule has 1 N–H and O–H groups in total. The number of benzene rings is 2. The summed E-state index contributed by atoms with van der Waals surface area (Å²) in [7, 11) is 0. The summed E-state index contributed by atoms with van der Waals surface area (Å²) >= 11 is 0. The lowest BCUT2D eigenvalue weighted by Gasteiger charge is -2.17. The predicted octanol–water partition coefficient (Wildman–Crippen LogP) is 4.52. The molecule has 1 amide bonds. The average molecular weight is 369 g/mol. The van der Waals surface area contributed by atoms with E-state index in [2.05, 4.69) is 5.32 Å². The van der Waals surface area contributed by atoms with E-state index in [0.717, 1.165) is 11.1 Å². The molecule has 0 aromatic heterocycles. The minimum Gasteiger partial charge on any atom is -0.481 e. The number of rotatable bonds is 7. The maximum atomic E-state index is 12.4. The molecular formula is C22H27NO4. The van der Waals surface area contributed by atoms with E-state index in [0.29, 0.717) is 23.6 Å². The van der Waals surface area contributed by atoms with Crippen LogP contribution in [-0.2, 0) is 9.53 Å². The van der Waals surface area contributed by atoms with Crippen LogP contribution in [-0.4, -0.2) is 24.6 Å². The van der Waals surface area contributed by atoms with Crippen molar-refractivity contribution in [3.05, 3.63) is 59.2 Å². The van der Waals surface area contributed by atoms with Gasteiger partial charge in [0.15, 0.2) is 6.10 Å². The molecule has 2 aromatic rings. The molecule has 5 nitrogen and oxygen atoms in total. The van der Waals surface area contributed by atoms with Crippen LogP contribution in [0.5, 0.6) is 5.75 Å². The molecule has 0 radical (unpaired) electrons. The van der Waals surface area contributed by atoms with Gasteiger partial charge in [-0.3, -0.25) is 4.79 Å². The minimum absolute atomic E-state index is 0.258. The molecule has 0 aliphatic rings. The fourth-order valence-electron chi connectivity index (χ4n) is 2.34. The van der Waals surface area contributed by atoms with Crippen molar-refractivity contribution in [3.8, 4) is 5.75 Å². The predicted molar refractivity (Wildman–Crippen MR) is 106 cm³/mol. The molecule has 1 atom stereocenters. The number of hydrogen-bond donors (Lipinski definition) is 1. The number of carbonyl (C=O) groups excluding carboxylic acids is 2. The Hall–Kier alpha value is -2.82. The molecular weight excluding hydrogens is 342 g/mol. The van der Waals surface area contributed by atoms with Crippen LogP contribution in [0.4, 0.5) is 5.69 Å². The van der Waals surface area contributed by atoms with Gasteiger partial charge in [0.1, 0.15) is 5.75 Å². The van der Waals surface area contributed by atoms with Crippen LogP contribution in [0, 0.1) is 19.8 Å². The summed E-state index contributed by atoms with van der Waals surface area (Å²) < 4.78 is 11.0. The maximum absolute atomic E-state index is 12.4. The first-order valence-corrected chi connectivity index (χ1v) is 9.08. The standard InChI is InChI=1S/C22H27NO4/c1-14(2)13-26-22(25)18-8-10-19(11-9-18)23-21(24)17(5)27-20-12-15(3)6-7-16(20)4/h6-12,14,17H,13H2,1-5H3,(H,23,24). The van der Waals surface area contributed by atoms with Crippen LogP contribution < -0.4 is 10.1 Å². The van der Waals surface area contributed by atoms with Crippen molar-refractivity contribution in [2.24, 2.45) is 5.92 Å². The van der Waals surface area contributed by atoms with Crippen molar-refractivity contribution in [3.63, 3.8) is 0 Å². The lowest BCUT2D eigenvalue weighted by atomic mass is 10.1. The minimum atomic E-state index is -0.652. The third-order valence-corrected chi connectivity index (χ3v) is 3.95. The van der Waals surface area contributed by atoms with Gasteiger partial charge in [0, 0.05) is 5.69 Å². The Labute approximate surface area is 160 Å². The molecule has 0 spiro atoms. The molecule has 0 bridgehead atoms. The molecule has 0 heterocycles. The van der Waals surface area contributed by atoms with Crippen LogP contribution in [0.2, 0.25) is 0 Å². The highest BCUT2D eigenvalue weighted by molar-refractivity contribution is 5.95. The van der Waals surface area contributed by atoms with Gasteiger partial charge in [-0.05, 0) is 68.1 Å². The molecule has 2 rings (SSSR count). The molecule has 0 saturated heterocycles. The van der Waals surface area contributed by atoms with Crippen molar-refractivity contribution < 1.29 is 19.1 Å². The second-order valence-corrected chi connectivity index (χ2v) is 7.09. The Morgan fingerprint density at radius 1 is 1.00 bits per heavy atom. The maximum Gasteiger partial charge on any atom is 0.338 e. The Bertz CT molecular complexity index is 796. The summed E-state index contributed by atoms with van der Waals surface area (Å²) in [5.41, 5.74) is 3.10. The molecule has 0 fully saturated rings. The molecule has 27 heavy (non-hydrogen) atoms. The summed E-state index contributed by atoms with van der Waals surface area (Å²) in [4.78, 5) is 24.3. The van der Waals surface area contributed by atoms with Crippen molar-refractivity contribution >= 4 is 17.6 Å². The number of esters is 1. The van der Waals surface area contributed by atoms with Gasteiger partial charge in [-0.1, -0.05) is 26.0 Å². The molecule has 0 aliphatic heterocycles. The van der Waals surface area contributed by atoms with Crippen LogP contribution in [0.3, 0.4) is 0 Å². The Kier molecular flexibility index (Phi) is 6.99. The second kappa shape index (κ2) is 9.21. The van der Waals surface area contributed by atoms with Crippen molar-refractivity contribution in [1.82, 2.24) is 0 Å². The first kappa shape index (κ1) is 20.5. The number of anilines is 1. The quantitative estimate of drug-likeness (QED) is 0.729. The average Bonchev–Trinajstić information content (AvgIpc) is 2.63. The summed E-state index contributed by atoms with van der Waals surface area (Å²) in [5.74, 6) is 0.353. The fourth-order valence-corrected chi connectivity index (χ4v) is 2.34. The molecule has 0 aliphatic carbocycles. The van der Waals surface area contributed by atoms with Gasteiger partial charge in [-0.2, -0.15) is 0 Å². The zero-order chi connectivity index (χ0) is 20.0. The highest BCUT2D eigenvalue weighted by atomic mass is 16.5. The van der Waals surface area contributed by atoms with Gasteiger partial charge in [0.05, 0.1) is 12.2 Å². The van der Waals surface area contributed by atoms with E-state index in [-0.39, 0.29) is 17.8 Å². The highest BCUT2D eigenvalue weighted by Crippen LogP contribution is 2.21. The van der Waals surface area contributed by atoms with Crippen LogP contribution in [0.25, 0.3) is 0 Å². The first-order chi connectivity index (χ1) is 12.8. The SMILES string of the molecule is Cc1ccc(C)c(OC(C)C(=O)Nc2ccc(C(=O)OCC(C)C)cc2)c1. The number of ether oxygens (including phenoxy) is 2. The van der Waals surface area contributed by atoms with E-state index in [4.69, 9.17) is 9.47 Å². The normalized spacial score (nSPS) is 11.8.